The lowest BCUT2D eigenvalue weighted by Gasteiger charge is -2.19. The summed E-state index contributed by atoms with van der Waals surface area (Å²) in [6.45, 7) is 2.59. The van der Waals surface area contributed by atoms with E-state index in [0.717, 1.165) is 40.7 Å². The number of nitrogens with one attached hydrogen (secondary N) is 1. The summed E-state index contributed by atoms with van der Waals surface area (Å²) in [4.78, 5) is 17.5. The molecule has 0 fully saturated rings. The van der Waals surface area contributed by atoms with E-state index in [1.165, 1.54) is 0 Å². The molecule has 0 amide bonds. The van der Waals surface area contributed by atoms with Crippen LogP contribution in [0.5, 0.6) is 0 Å². The Morgan fingerprint density at radius 1 is 1.03 bits per heavy atom. The molecule has 35 heavy (non-hydrogen) atoms. The zero-order valence-corrected chi connectivity index (χ0v) is 19.9. The monoisotopic (exact) mass is 485 g/mol. The third-order valence-corrected chi connectivity index (χ3v) is 6.41. The van der Waals surface area contributed by atoms with Gasteiger partial charge in [0, 0.05) is 35.4 Å². The summed E-state index contributed by atoms with van der Waals surface area (Å²) in [7, 11) is 0. The number of aromatic amines is 1. The van der Waals surface area contributed by atoms with Gasteiger partial charge in [-0.25, -0.2) is 4.79 Å². The second-order valence-corrected chi connectivity index (χ2v) is 8.70. The van der Waals surface area contributed by atoms with Gasteiger partial charge in [-0.3, -0.25) is 14.1 Å². The van der Waals surface area contributed by atoms with E-state index < -0.39 is 0 Å². The minimum Gasteiger partial charge on any atom is -0.295 e. The Morgan fingerprint density at radius 2 is 1.86 bits per heavy atom. The lowest BCUT2D eigenvalue weighted by molar-refractivity contribution is 0.509. The molecule has 0 aliphatic heterocycles. The van der Waals surface area contributed by atoms with E-state index in [0.29, 0.717) is 17.4 Å². The van der Waals surface area contributed by atoms with Gasteiger partial charge >= 0.3 is 5.69 Å². The molecule has 0 aliphatic rings. The van der Waals surface area contributed by atoms with Crippen molar-refractivity contribution in [3.05, 3.63) is 106 Å². The molecule has 9 heteroatoms. The predicted molar refractivity (Wildman–Crippen MR) is 135 cm³/mol. The van der Waals surface area contributed by atoms with Crippen LogP contribution in [0.4, 0.5) is 0 Å². The zero-order valence-electron chi connectivity index (χ0n) is 19.2. The van der Waals surface area contributed by atoms with E-state index in [1.54, 1.807) is 21.5 Å². The van der Waals surface area contributed by atoms with Crippen LogP contribution in [-0.4, -0.2) is 34.7 Å². The second-order valence-electron chi connectivity index (χ2n) is 8.30. The molecule has 0 saturated heterocycles. The number of hydrogen-bond acceptors (Lipinski definition) is 5. The number of tetrazole rings is 1. The molecule has 3 aromatic heterocycles. The summed E-state index contributed by atoms with van der Waals surface area (Å²) in [6.07, 6.45) is 8.93. The molecule has 1 atom stereocenters. The summed E-state index contributed by atoms with van der Waals surface area (Å²) in [5.41, 5.74) is 4.69. The van der Waals surface area contributed by atoms with Crippen molar-refractivity contribution in [3.8, 4) is 22.5 Å². The third-order valence-electron chi connectivity index (χ3n) is 6.06. The predicted octanol–water partition coefficient (Wildman–Crippen LogP) is 4.98. The van der Waals surface area contributed by atoms with E-state index in [-0.39, 0.29) is 11.7 Å². The standard InChI is InChI=1S/C26H24ClN7O/c1-2-5-24(21-6-3-4-7-23(21)27)34-15-14-33(26(34)35)17-18-8-10-19(11-9-18)20-12-13-28-16-22(20)25-29-31-32-30-25/h3-4,6-16,24H,2,5,17H2,1H3,(H,29,30,31,32). The van der Waals surface area contributed by atoms with Crippen LogP contribution in [0.25, 0.3) is 22.5 Å². The minimum absolute atomic E-state index is 0.0547. The molecular formula is C26H24ClN7O. The largest absolute Gasteiger partial charge is 0.329 e. The molecule has 0 bridgehead atoms. The van der Waals surface area contributed by atoms with Crippen molar-refractivity contribution >= 4 is 11.6 Å². The number of hydrogen-bond donors (Lipinski definition) is 1. The van der Waals surface area contributed by atoms with Crippen molar-refractivity contribution in [2.45, 2.75) is 32.4 Å². The summed E-state index contributed by atoms with van der Waals surface area (Å²) in [6, 6.07) is 17.7. The molecule has 0 aliphatic carbocycles. The van der Waals surface area contributed by atoms with E-state index in [9.17, 15) is 4.79 Å². The van der Waals surface area contributed by atoms with Crippen LogP contribution < -0.4 is 5.69 Å². The number of rotatable bonds is 8. The van der Waals surface area contributed by atoms with Crippen molar-refractivity contribution in [1.29, 1.82) is 0 Å². The van der Waals surface area contributed by atoms with Gasteiger partial charge in [-0.1, -0.05) is 67.4 Å². The SMILES string of the molecule is CCCC(c1ccccc1Cl)n1ccn(Cc2ccc(-c3ccncc3-c3nn[nH]n3)cc2)c1=O. The Balaban J connectivity index is 1.40. The number of aromatic nitrogens is 7. The van der Waals surface area contributed by atoms with Crippen molar-refractivity contribution < 1.29 is 0 Å². The van der Waals surface area contributed by atoms with Crippen molar-refractivity contribution in [2.24, 2.45) is 0 Å². The summed E-state index contributed by atoms with van der Waals surface area (Å²) in [5, 5.41) is 15.0. The van der Waals surface area contributed by atoms with E-state index in [4.69, 9.17) is 11.6 Å². The lowest BCUT2D eigenvalue weighted by Crippen LogP contribution is -2.28. The Hall–Kier alpha value is -4.04. The topological polar surface area (TPSA) is 94.3 Å². The Kier molecular flexibility index (Phi) is 6.54. The maximum absolute atomic E-state index is 13.3. The van der Waals surface area contributed by atoms with E-state index in [2.05, 4.69) is 32.5 Å². The van der Waals surface area contributed by atoms with Crippen molar-refractivity contribution in [3.63, 3.8) is 0 Å². The van der Waals surface area contributed by atoms with Gasteiger partial charge in [0.25, 0.3) is 0 Å². The molecule has 1 unspecified atom stereocenters. The van der Waals surface area contributed by atoms with Gasteiger partial charge in [0.1, 0.15) is 0 Å². The van der Waals surface area contributed by atoms with Gasteiger partial charge in [0.05, 0.1) is 12.6 Å². The average molecular weight is 486 g/mol. The van der Waals surface area contributed by atoms with Crippen LogP contribution in [0.15, 0.2) is 84.2 Å². The van der Waals surface area contributed by atoms with Gasteiger partial charge < -0.3 is 0 Å². The second kappa shape index (κ2) is 10.1. The van der Waals surface area contributed by atoms with Gasteiger partial charge in [-0.05, 0) is 46.0 Å². The number of halogens is 1. The number of pyridine rings is 1. The highest BCUT2D eigenvalue weighted by atomic mass is 35.5. The maximum Gasteiger partial charge on any atom is 0.329 e. The molecule has 8 nitrogen and oxygen atoms in total. The summed E-state index contributed by atoms with van der Waals surface area (Å²) >= 11 is 6.46. The third kappa shape index (κ3) is 4.65. The Bertz CT molecular complexity index is 1470. The van der Waals surface area contributed by atoms with Gasteiger partial charge in [-0.15, -0.1) is 10.2 Å². The molecule has 176 valence electrons. The van der Waals surface area contributed by atoms with Gasteiger partial charge in [0.15, 0.2) is 0 Å². The maximum atomic E-state index is 13.3. The van der Waals surface area contributed by atoms with Gasteiger partial charge in [-0.2, -0.15) is 5.21 Å². The van der Waals surface area contributed by atoms with Crippen LogP contribution in [0, 0.1) is 0 Å². The van der Waals surface area contributed by atoms with Crippen molar-refractivity contribution in [1.82, 2.24) is 34.7 Å². The molecule has 5 aromatic rings. The lowest BCUT2D eigenvalue weighted by atomic mass is 10.00. The molecule has 0 saturated carbocycles. The highest BCUT2D eigenvalue weighted by molar-refractivity contribution is 6.31. The normalized spacial score (nSPS) is 12.1. The molecule has 3 heterocycles. The number of imidazole rings is 1. The van der Waals surface area contributed by atoms with Crippen molar-refractivity contribution in [2.75, 3.05) is 0 Å². The number of benzene rings is 2. The first-order valence-electron chi connectivity index (χ1n) is 11.4. The summed E-state index contributed by atoms with van der Waals surface area (Å²) in [5.74, 6) is 0.491. The van der Waals surface area contributed by atoms with Gasteiger partial charge in [0.2, 0.25) is 5.82 Å². The first-order chi connectivity index (χ1) is 17.2. The fourth-order valence-corrected chi connectivity index (χ4v) is 4.60. The molecule has 2 aromatic carbocycles. The molecule has 1 N–H and O–H groups in total. The summed E-state index contributed by atoms with van der Waals surface area (Å²) < 4.78 is 3.51. The smallest absolute Gasteiger partial charge is 0.295 e. The number of H-pyrrole nitrogens is 1. The molecule has 0 radical (unpaired) electrons. The molecular weight excluding hydrogens is 462 g/mol. The fraction of sp³-hybridized carbons (Fsp3) is 0.192. The molecule has 5 rings (SSSR count). The quantitative estimate of drug-likeness (QED) is 0.334. The van der Waals surface area contributed by atoms with Crippen LogP contribution in [0.2, 0.25) is 5.02 Å². The van der Waals surface area contributed by atoms with E-state index >= 15 is 0 Å². The van der Waals surface area contributed by atoms with Crippen LogP contribution in [-0.2, 0) is 6.54 Å². The minimum atomic E-state index is -0.0972. The van der Waals surface area contributed by atoms with Crippen LogP contribution in [0.1, 0.15) is 36.9 Å². The Morgan fingerprint density at radius 3 is 2.60 bits per heavy atom. The average Bonchev–Trinajstić information content (AvgIpc) is 3.55. The Labute approximate surface area is 207 Å². The number of nitrogens with zero attached hydrogens (tertiary/aromatic N) is 6. The first-order valence-corrected chi connectivity index (χ1v) is 11.8. The highest BCUT2D eigenvalue weighted by Crippen LogP contribution is 2.30. The fourth-order valence-electron chi connectivity index (χ4n) is 4.34. The van der Waals surface area contributed by atoms with E-state index in [1.807, 2.05) is 67.0 Å². The molecule has 0 spiro atoms. The first kappa shape index (κ1) is 22.7. The van der Waals surface area contributed by atoms with Crippen LogP contribution >= 0.6 is 11.6 Å². The highest BCUT2D eigenvalue weighted by Gasteiger charge is 2.19. The van der Waals surface area contributed by atoms with Crippen LogP contribution in [0.3, 0.4) is 0 Å². The zero-order chi connectivity index (χ0) is 24.2.